The van der Waals surface area contributed by atoms with E-state index in [-0.39, 0.29) is 0 Å². The summed E-state index contributed by atoms with van der Waals surface area (Å²) in [5, 5.41) is 7.84. The normalized spacial score (nSPS) is 7.67. The Bertz CT molecular complexity index is 47.5. The van der Waals surface area contributed by atoms with E-state index in [0.717, 1.165) is 0 Å². The zero-order valence-electron chi connectivity index (χ0n) is 3.14. The van der Waals surface area contributed by atoms with Crippen molar-refractivity contribution >= 4 is 5.91 Å². The van der Waals surface area contributed by atoms with Gasteiger partial charge in [0.25, 0.3) is 5.91 Å². The van der Waals surface area contributed by atoms with Crippen molar-refractivity contribution in [1.82, 2.24) is 5.43 Å². The monoisotopic (exact) mass is 90.0 g/mol. The molecule has 0 radical (unpaired) electrons. The van der Waals surface area contributed by atoms with Crippen molar-refractivity contribution in [2.45, 2.75) is 0 Å². The number of carbonyl (C=O) groups is 1. The van der Waals surface area contributed by atoms with Crippen LogP contribution in [0.25, 0.3) is 0 Å². The number of nitrogens with two attached hydrogens (primary N) is 1. The van der Waals surface area contributed by atoms with E-state index in [1.165, 1.54) is 0 Å². The van der Waals surface area contributed by atoms with Gasteiger partial charge in [0.15, 0.2) is 0 Å². The maximum atomic E-state index is 9.69. The summed E-state index contributed by atoms with van der Waals surface area (Å²) in [6, 6.07) is 0. The molecule has 0 aromatic heterocycles. The minimum absolute atomic E-state index is 0.545. The SMILES string of the molecule is NNC(=O)CO. The van der Waals surface area contributed by atoms with Crippen LogP contribution in [0.3, 0.4) is 0 Å². The predicted octanol–water partition coefficient (Wildman–Crippen LogP) is -2.03. The fraction of sp³-hybridized carbons (Fsp3) is 0.500. The first kappa shape index (κ1) is 5.39. The van der Waals surface area contributed by atoms with Crippen LogP contribution < -0.4 is 11.3 Å². The number of hydrogen-bond donors (Lipinski definition) is 3. The van der Waals surface area contributed by atoms with Gasteiger partial charge in [0.2, 0.25) is 0 Å². The van der Waals surface area contributed by atoms with Gasteiger partial charge in [-0.05, 0) is 0 Å². The fourth-order valence-electron chi connectivity index (χ4n) is 0.0456. The molecule has 4 N–H and O–H groups in total. The molecule has 6 heavy (non-hydrogen) atoms. The molecule has 0 aromatic rings. The second-order valence-corrected chi connectivity index (χ2v) is 0.726. The highest BCUT2D eigenvalue weighted by Crippen LogP contribution is 1.48. The van der Waals surface area contributed by atoms with Crippen LogP contribution in [0.1, 0.15) is 0 Å². The number of hydrogen-bond acceptors (Lipinski definition) is 3. The van der Waals surface area contributed by atoms with E-state index >= 15 is 0 Å². The lowest BCUT2D eigenvalue weighted by Gasteiger charge is -1.86. The Balaban J connectivity index is 2.99. The summed E-state index contributed by atoms with van der Waals surface area (Å²) >= 11 is 0. The fourth-order valence-corrected chi connectivity index (χ4v) is 0.0456. The van der Waals surface area contributed by atoms with Gasteiger partial charge in [-0.3, -0.25) is 10.2 Å². The molecule has 0 saturated carbocycles. The van der Waals surface area contributed by atoms with Gasteiger partial charge in [-0.2, -0.15) is 0 Å². The third-order valence-corrected chi connectivity index (χ3v) is 0.305. The Morgan fingerprint density at radius 3 is 2.50 bits per heavy atom. The first-order valence-electron chi connectivity index (χ1n) is 1.41. The Morgan fingerprint density at radius 2 is 2.50 bits per heavy atom. The maximum absolute atomic E-state index is 9.69. The number of amides is 1. The molecule has 0 heterocycles. The van der Waals surface area contributed by atoms with Crippen molar-refractivity contribution in [3.8, 4) is 0 Å². The number of carbonyl (C=O) groups excluding carboxylic acids is 1. The highest BCUT2D eigenvalue weighted by molar-refractivity contribution is 5.76. The van der Waals surface area contributed by atoms with Crippen LogP contribution >= 0.6 is 0 Å². The van der Waals surface area contributed by atoms with E-state index in [0.29, 0.717) is 0 Å². The van der Waals surface area contributed by atoms with E-state index in [1.54, 1.807) is 5.43 Å². The van der Waals surface area contributed by atoms with Crippen LogP contribution in [0.4, 0.5) is 0 Å². The molecule has 36 valence electrons. The summed E-state index contributed by atoms with van der Waals surface area (Å²) in [5.74, 6) is 3.95. The summed E-state index contributed by atoms with van der Waals surface area (Å²) in [7, 11) is 0. The van der Waals surface area contributed by atoms with Gasteiger partial charge in [0.1, 0.15) is 6.61 Å². The molecule has 0 spiro atoms. The maximum Gasteiger partial charge on any atom is 0.259 e. The molecule has 0 bridgehead atoms. The van der Waals surface area contributed by atoms with Crippen molar-refractivity contribution in [2.75, 3.05) is 6.61 Å². The minimum Gasteiger partial charge on any atom is -0.386 e. The number of hydrazine groups is 1. The second-order valence-electron chi connectivity index (χ2n) is 0.726. The van der Waals surface area contributed by atoms with Gasteiger partial charge in [-0.1, -0.05) is 0 Å². The molecule has 0 fully saturated rings. The van der Waals surface area contributed by atoms with Gasteiger partial charge in [0, 0.05) is 0 Å². The molecule has 0 unspecified atom stereocenters. The topological polar surface area (TPSA) is 75.3 Å². The van der Waals surface area contributed by atoms with Crippen molar-refractivity contribution in [3.63, 3.8) is 0 Å². The second kappa shape index (κ2) is 2.62. The zero-order valence-corrected chi connectivity index (χ0v) is 3.14. The van der Waals surface area contributed by atoms with Gasteiger partial charge >= 0.3 is 0 Å². The predicted molar refractivity (Wildman–Crippen MR) is 19.4 cm³/mol. The molecule has 0 aliphatic heterocycles. The highest BCUT2D eigenvalue weighted by Gasteiger charge is 1.86. The largest absolute Gasteiger partial charge is 0.386 e. The first-order chi connectivity index (χ1) is 2.81. The van der Waals surface area contributed by atoms with Crippen molar-refractivity contribution in [1.29, 1.82) is 0 Å². The average molecular weight is 90.1 g/mol. The lowest BCUT2D eigenvalue weighted by Crippen LogP contribution is -2.32. The van der Waals surface area contributed by atoms with E-state index in [4.69, 9.17) is 5.11 Å². The molecule has 4 heteroatoms. The molecule has 0 aromatic carbocycles. The van der Waals surface area contributed by atoms with Crippen molar-refractivity contribution in [3.05, 3.63) is 0 Å². The minimum atomic E-state index is -0.574. The van der Waals surface area contributed by atoms with Crippen LogP contribution in [-0.4, -0.2) is 17.6 Å². The van der Waals surface area contributed by atoms with Gasteiger partial charge in [0.05, 0.1) is 0 Å². The van der Waals surface area contributed by atoms with Crippen molar-refractivity contribution < 1.29 is 9.90 Å². The number of aliphatic hydroxyl groups is 1. The van der Waals surface area contributed by atoms with Crippen LogP contribution in [0, 0.1) is 0 Å². The molecule has 0 aliphatic carbocycles. The molecule has 4 nitrogen and oxygen atoms in total. The Kier molecular flexibility index (Phi) is 2.35. The van der Waals surface area contributed by atoms with Crippen LogP contribution in [0.5, 0.6) is 0 Å². The molecule has 0 saturated heterocycles. The summed E-state index contributed by atoms with van der Waals surface area (Å²) < 4.78 is 0. The molecular formula is C2H6N2O2. The van der Waals surface area contributed by atoms with E-state index in [2.05, 4.69) is 5.84 Å². The Hall–Kier alpha value is -0.610. The smallest absolute Gasteiger partial charge is 0.259 e. The molecule has 0 atom stereocenters. The Morgan fingerprint density at radius 1 is 2.00 bits per heavy atom. The quantitative estimate of drug-likeness (QED) is 0.197. The summed E-state index contributed by atoms with van der Waals surface area (Å²) in [5.41, 5.74) is 1.73. The van der Waals surface area contributed by atoms with Gasteiger partial charge in [-0.25, -0.2) is 5.84 Å². The van der Waals surface area contributed by atoms with Gasteiger partial charge in [-0.15, -0.1) is 0 Å². The summed E-state index contributed by atoms with van der Waals surface area (Å²) in [6.07, 6.45) is 0. The molecule has 0 aliphatic rings. The van der Waals surface area contributed by atoms with Gasteiger partial charge < -0.3 is 5.11 Å². The van der Waals surface area contributed by atoms with E-state index in [1.807, 2.05) is 0 Å². The average Bonchev–Trinajstić information content (AvgIpc) is 1.65. The van der Waals surface area contributed by atoms with E-state index < -0.39 is 12.5 Å². The molecule has 0 rings (SSSR count). The third kappa shape index (κ3) is 1.68. The number of rotatable bonds is 1. The van der Waals surface area contributed by atoms with Crippen LogP contribution in [0.15, 0.2) is 0 Å². The van der Waals surface area contributed by atoms with Crippen LogP contribution in [-0.2, 0) is 4.79 Å². The summed E-state index contributed by atoms with van der Waals surface area (Å²) in [4.78, 5) is 9.69. The lowest BCUT2D eigenvalue weighted by atomic mass is 10.7. The summed E-state index contributed by atoms with van der Waals surface area (Å²) in [6.45, 7) is -0.545. The van der Waals surface area contributed by atoms with Crippen molar-refractivity contribution in [2.24, 2.45) is 5.84 Å². The first-order valence-corrected chi connectivity index (χ1v) is 1.41. The Labute approximate surface area is 34.9 Å². The van der Waals surface area contributed by atoms with E-state index in [9.17, 15) is 4.79 Å². The molecule has 1 amide bonds. The highest BCUT2D eigenvalue weighted by atomic mass is 16.3. The van der Waals surface area contributed by atoms with Crippen LogP contribution in [0.2, 0.25) is 0 Å². The number of aliphatic hydroxyl groups excluding tert-OH is 1. The standard InChI is InChI=1S/C2H6N2O2/c3-4-2(6)1-5/h5H,1,3H2,(H,4,6). The lowest BCUT2D eigenvalue weighted by molar-refractivity contribution is -0.123. The third-order valence-electron chi connectivity index (χ3n) is 0.305. The zero-order chi connectivity index (χ0) is 4.99. The molecular weight excluding hydrogens is 84.0 g/mol. The number of nitrogens with one attached hydrogen (secondary N) is 1.